The summed E-state index contributed by atoms with van der Waals surface area (Å²) in [5, 5.41) is 0. The van der Waals surface area contributed by atoms with Gasteiger partial charge in [-0.1, -0.05) is 6.92 Å². The summed E-state index contributed by atoms with van der Waals surface area (Å²) >= 11 is 0. The van der Waals surface area contributed by atoms with Crippen molar-refractivity contribution >= 4 is 16.0 Å². The summed E-state index contributed by atoms with van der Waals surface area (Å²) in [7, 11) is -5.63. The molecule has 0 amide bonds. The highest BCUT2D eigenvalue weighted by atomic mass is 32.2. The summed E-state index contributed by atoms with van der Waals surface area (Å²) in [6.45, 7) is -0.290. The Kier molecular flexibility index (Phi) is 6.06. The fourth-order valence-electron chi connectivity index (χ4n) is 1.02. The Hall–Kier alpha value is -1.04. The second-order valence-electron chi connectivity index (χ2n) is 4.16. The number of carbonyl (C=O) groups excluding carboxylic acids is 1. The van der Waals surface area contributed by atoms with E-state index in [1.807, 2.05) is 0 Å². The van der Waals surface area contributed by atoms with Crippen molar-refractivity contribution in [2.75, 3.05) is 13.2 Å². The molecular formula is C9H13F6NO4S. The Morgan fingerprint density at radius 3 is 1.95 bits per heavy atom. The largest absolute Gasteiger partial charge is 0.511 e. The lowest BCUT2D eigenvalue weighted by molar-refractivity contribution is -0.230. The van der Waals surface area contributed by atoms with E-state index >= 15 is 0 Å². The Labute approximate surface area is 116 Å². The lowest BCUT2D eigenvalue weighted by Gasteiger charge is -2.28. The molecule has 0 aliphatic carbocycles. The number of nitrogens with one attached hydrogen (secondary N) is 1. The van der Waals surface area contributed by atoms with Crippen LogP contribution >= 0.6 is 0 Å². The predicted octanol–water partition coefficient (Wildman–Crippen LogP) is 1.95. The average Bonchev–Trinajstić information content (AvgIpc) is 2.30. The Morgan fingerprint density at radius 1 is 1.14 bits per heavy atom. The van der Waals surface area contributed by atoms with E-state index in [4.69, 9.17) is 0 Å². The maximum absolute atomic E-state index is 12.6. The van der Waals surface area contributed by atoms with Gasteiger partial charge < -0.3 is 4.74 Å². The van der Waals surface area contributed by atoms with Gasteiger partial charge in [0, 0.05) is 6.54 Å². The van der Waals surface area contributed by atoms with E-state index in [1.165, 1.54) is 0 Å². The fourth-order valence-corrected chi connectivity index (χ4v) is 1.54. The van der Waals surface area contributed by atoms with Crippen LogP contribution in [0.5, 0.6) is 0 Å². The number of ether oxygens (including phenoxy) is 1. The second kappa shape index (κ2) is 6.38. The van der Waals surface area contributed by atoms with Gasteiger partial charge in [0.15, 0.2) is 5.41 Å². The van der Waals surface area contributed by atoms with Crippen molar-refractivity contribution in [3.8, 4) is 0 Å². The van der Waals surface area contributed by atoms with E-state index in [2.05, 4.69) is 4.74 Å². The molecule has 1 atom stereocenters. The average molecular weight is 345 g/mol. The molecule has 0 aliphatic rings. The molecule has 0 aromatic carbocycles. The standard InChI is InChI=1S/C9H13F6NO4S/c1-3-7(2,8(10,11)12)6(17)20-5-4-16-21(18,19)9(13,14)15/h16H,3-5H2,1-2H3. The molecule has 0 spiro atoms. The molecule has 0 aromatic heterocycles. The van der Waals surface area contributed by atoms with E-state index in [0.29, 0.717) is 6.92 Å². The Morgan fingerprint density at radius 2 is 1.62 bits per heavy atom. The first-order valence-corrected chi connectivity index (χ1v) is 6.97. The van der Waals surface area contributed by atoms with Gasteiger partial charge in [0.05, 0.1) is 0 Å². The summed E-state index contributed by atoms with van der Waals surface area (Å²) in [6.07, 6.45) is -5.53. The van der Waals surface area contributed by atoms with Crippen LogP contribution in [0.2, 0.25) is 0 Å². The van der Waals surface area contributed by atoms with Gasteiger partial charge in [0.1, 0.15) is 6.61 Å². The molecule has 0 saturated heterocycles. The number of sulfonamides is 1. The first-order valence-electron chi connectivity index (χ1n) is 5.49. The molecule has 0 aliphatic heterocycles. The minimum atomic E-state index is -5.63. The minimum Gasteiger partial charge on any atom is -0.464 e. The van der Waals surface area contributed by atoms with Gasteiger partial charge in [-0.25, -0.2) is 13.1 Å². The van der Waals surface area contributed by atoms with Gasteiger partial charge >= 0.3 is 27.7 Å². The highest BCUT2D eigenvalue weighted by Crippen LogP contribution is 2.41. The molecule has 5 nitrogen and oxygen atoms in total. The number of halogens is 6. The molecule has 1 unspecified atom stereocenters. The lowest BCUT2D eigenvalue weighted by Crippen LogP contribution is -2.44. The smallest absolute Gasteiger partial charge is 0.464 e. The summed E-state index contributed by atoms with van der Waals surface area (Å²) in [5.41, 5.74) is -8.36. The number of alkyl halides is 6. The normalized spacial score (nSPS) is 16.4. The van der Waals surface area contributed by atoms with Crippen LogP contribution in [0.4, 0.5) is 26.3 Å². The van der Waals surface area contributed by atoms with Crippen LogP contribution in [0.1, 0.15) is 20.3 Å². The van der Waals surface area contributed by atoms with E-state index < -0.39 is 52.7 Å². The van der Waals surface area contributed by atoms with Crippen molar-refractivity contribution in [3.05, 3.63) is 0 Å². The van der Waals surface area contributed by atoms with E-state index in [1.54, 1.807) is 0 Å². The van der Waals surface area contributed by atoms with E-state index in [9.17, 15) is 39.6 Å². The Balaban J connectivity index is 4.54. The fraction of sp³-hybridized carbons (Fsp3) is 0.889. The SMILES string of the molecule is CCC(C)(C(=O)OCCNS(=O)(=O)C(F)(F)F)C(F)(F)F. The zero-order chi connectivity index (χ0) is 17.1. The molecule has 0 bridgehead atoms. The molecular weight excluding hydrogens is 332 g/mol. The maximum atomic E-state index is 12.6. The summed E-state index contributed by atoms with van der Waals surface area (Å²) < 4.78 is 100. The van der Waals surface area contributed by atoms with Gasteiger partial charge in [-0.3, -0.25) is 4.79 Å². The van der Waals surface area contributed by atoms with Crippen LogP contribution in [0.25, 0.3) is 0 Å². The first kappa shape index (κ1) is 20.0. The zero-order valence-electron chi connectivity index (χ0n) is 10.9. The summed E-state index contributed by atoms with van der Waals surface area (Å²) in [5.74, 6) is -1.69. The topological polar surface area (TPSA) is 72.5 Å². The highest BCUT2D eigenvalue weighted by molar-refractivity contribution is 7.90. The quantitative estimate of drug-likeness (QED) is 0.454. The van der Waals surface area contributed by atoms with Gasteiger partial charge in [-0.15, -0.1) is 0 Å². The van der Waals surface area contributed by atoms with Gasteiger partial charge in [0.25, 0.3) is 0 Å². The van der Waals surface area contributed by atoms with E-state index in [-0.39, 0.29) is 0 Å². The predicted molar refractivity (Wildman–Crippen MR) is 58.4 cm³/mol. The van der Waals surface area contributed by atoms with Gasteiger partial charge in [-0.05, 0) is 13.3 Å². The molecule has 1 N–H and O–H groups in total. The Bertz CT molecular complexity index is 472. The van der Waals surface area contributed by atoms with Crippen molar-refractivity contribution in [2.45, 2.75) is 32.0 Å². The van der Waals surface area contributed by atoms with Crippen LogP contribution < -0.4 is 4.72 Å². The zero-order valence-corrected chi connectivity index (χ0v) is 11.7. The molecule has 126 valence electrons. The molecule has 12 heteroatoms. The van der Waals surface area contributed by atoms with Crippen molar-refractivity contribution in [2.24, 2.45) is 5.41 Å². The number of carbonyl (C=O) groups is 1. The number of esters is 1. The second-order valence-corrected chi connectivity index (χ2v) is 5.92. The third-order valence-corrected chi connectivity index (χ3v) is 3.91. The van der Waals surface area contributed by atoms with Gasteiger partial charge in [0.2, 0.25) is 0 Å². The molecule has 21 heavy (non-hydrogen) atoms. The highest BCUT2D eigenvalue weighted by Gasteiger charge is 2.56. The van der Waals surface area contributed by atoms with Crippen LogP contribution in [-0.4, -0.2) is 39.2 Å². The monoisotopic (exact) mass is 345 g/mol. The first-order chi connectivity index (χ1) is 9.19. The number of rotatable bonds is 6. The van der Waals surface area contributed by atoms with Crippen molar-refractivity contribution < 1.29 is 44.3 Å². The van der Waals surface area contributed by atoms with Gasteiger partial charge in [-0.2, -0.15) is 26.3 Å². The molecule has 0 heterocycles. The molecule has 0 radical (unpaired) electrons. The van der Waals surface area contributed by atoms with Crippen LogP contribution in [0.3, 0.4) is 0 Å². The minimum absolute atomic E-state index is 0.579. The molecule has 0 rings (SSSR count). The third kappa shape index (κ3) is 4.73. The molecule has 0 aromatic rings. The summed E-state index contributed by atoms with van der Waals surface area (Å²) in [6, 6.07) is 0. The molecule has 0 fully saturated rings. The maximum Gasteiger partial charge on any atom is 0.511 e. The number of hydrogen-bond acceptors (Lipinski definition) is 4. The molecule has 0 saturated carbocycles. The van der Waals surface area contributed by atoms with Crippen molar-refractivity contribution in [1.29, 1.82) is 0 Å². The van der Waals surface area contributed by atoms with E-state index in [0.717, 1.165) is 11.6 Å². The lowest BCUT2D eigenvalue weighted by atomic mass is 9.87. The van der Waals surface area contributed by atoms with Crippen LogP contribution in [0, 0.1) is 5.41 Å². The third-order valence-electron chi connectivity index (χ3n) is 2.72. The van der Waals surface area contributed by atoms with Crippen LogP contribution in [0.15, 0.2) is 0 Å². The van der Waals surface area contributed by atoms with Crippen LogP contribution in [-0.2, 0) is 19.6 Å². The van der Waals surface area contributed by atoms with Crippen molar-refractivity contribution in [1.82, 2.24) is 4.72 Å². The summed E-state index contributed by atoms with van der Waals surface area (Å²) in [4.78, 5) is 11.3. The van der Waals surface area contributed by atoms with Crippen molar-refractivity contribution in [3.63, 3.8) is 0 Å². The number of hydrogen-bond donors (Lipinski definition) is 1.